The van der Waals surface area contributed by atoms with E-state index in [0.717, 1.165) is 15.4 Å². The smallest absolute Gasteiger partial charge is 0.395 e. The predicted molar refractivity (Wildman–Crippen MR) is 103 cm³/mol. The zero-order chi connectivity index (χ0) is 21.7. The fraction of sp³-hybridized carbons (Fsp3) is 0.211. The highest BCUT2D eigenvalue weighted by Crippen LogP contribution is 2.42. The summed E-state index contributed by atoms with van der Waals surface area (Å²) >= 11 is 3.32. The van der Waals surface area contributed by atoms with Crippen LogP contribution in [0.5, 0.6) is 11.5 Å². The Hall–Kier alpha value is -3.21. The van der Waals surface area contributed by atoms with Crippen molar-refractivity contribution in [3.8, 4) is 11.5 Å². The minimum atomic E-state index is -3.78. The molecule has 2 N–H and O–H groups in total. The number of carbonyl (C=O) groups is 3. The predicted octanol–water partition coefficient (Wildman–Crippen LogP) is 3.18. The molecule has 156 valence electrons. The molecule has 1 atom stereocenters. The first kappa shape index (κ1) is 20.1. The van der Waals surface area contributed by atoms with Gasteiger partial charge < -0.3 is 20.1 Å². The van der Waals surface area contributed by atoms with Crippen LogP contribution in [-0.4, -0.2) is 35.6 Å². The van der Waals surface area contributed by atoms with Gasteiger partial charge in [0.15, 0.2) is 11.5 Å². The number of carbonyl (C=O) groups excluding carboxylic acids is 3. The van der Waals surface area contributed by atoms with E-state index >= 15 is 0 Å². The summed E-state index contributed by atoms with van der Waals surface area (Å²) in [7, 11) is 0. The van der Waals surface area contributed by atoms with Crippen molar-refractivity contribution in [1.29, 1.82) is 0 Å². The Morgan fingerprint density at radius 1 is 1.17 bits per heavy atom. The zero-order valence-corrected chi connectivity index (χ0v) is 17.0. The molecule has 2 aliphatic rings. The van der Waals surface area contributed by atoms with Crippen molar-refractivity contribution in [3.63, 3.8) is 0 Å². The van der Waals surface area contributed by atoms with Gasteiger partial charge in [0, 0.05) is 16.2 Å². The van der Waals surface area contributed by atoms with Crippen LogP contribution in [0.25, 0.3) is 0 Å². The monoisotopic (exact) mass is 481 g/mol. The quantitative estimate of drug-likeness (QED) is 0.653. The molecule has 0 radical (unpaired) electrons. The van der Waals surface area contributed by atoms with E-state index < -0.39 is 36.2 Å². The third-order valence-corrected chi connectivity index (χ3v) is 5.16. The highest BCUT2D eigenvalue weighted by atomic mass is 79.9. The summed E-state index contributed by atoms with van der Waals surface area (Å²) in [6.45, 7) is 0.990. The number of ether oxygens (including phenoxy) is 2. The number of hydrogen-bond acceptors (Lipinski definition) is 5. The van der Waals surface area contributed by atoms with E-state index in [1.807, 2.05) is 0 Å². The number of nitrogens with one attached hydrogen (secondary N) is 2. The Balaban J connectivity index is 1.46. The van der Waals surface area contributed by atoms with E-state index in [9.17, 15) is 23.2 Å². The molecule has 1 saturated heterocycles. The maximum atomic E-state index is 13.1. The second kappa shape index (κ2) is 6.94. The fourth-order valence-electron chi connectivity index (χ4n) is 3.21. The first-order valence-electron chi connectivity index (χ1n) is 8.67. The maximum Gasteiger partial charge on any atom is 0.586 e. The number of alkyl halides is 2. The van der Waals surface area contributed by atoms with Crippen LogP contribution in [0.3, 0.4) is 0 Å². The first-order chi connectivity index (χ1) is 14.1. The van der Waals surface area contributed by atoms with Gasteiger partial charge in [-0.2, -0.15) is 0 Å². The lowest BCUT2D eigenvalue weighted by Crippen LogP contribution is -2.42. The van der Waals surface area contributed by atoms with Crippen LogP contribution < -0.4 is 20.1 Å². The molecule has 30 heavy (non-hydrogen) atoms. The first-order valence-corrected chi connectivity index (χ1v) is 9.47. The van der Waals surface area contributed by atoms with Gasteiger partial charge in [0.2, 0.25) is 5.91 Å². The molecular weight excluding hydrogens is 468 g/mol. The molecule has 2 aliphatic heterocycles. The number of imide groups is 1. The molecule has 8 nitrogen and oxygen atoms in total. The molecular formula is C19H14BrF2N3O5. The number of halogens is 3. The Labute approximate surface area is 177 Å². The van der Waals surface area contributed by atoms with Crippen molar-refractivity contribution >= 4 is 39.5 Å². The molecule has 0 spiro atoms. The van der Waals surface area contributed by atoms with E-state index in [0.29, 0.717) is 5.56 Å². The van der Waals surface area contributed by atoms with Gasteiger partial charge in [0.25, 0.3) is 5.91 Å². The molecule has 2 heterocycles. The summed E-state index contributed by atoms with van der Waals surface area (Å²) in [4.78, 5) is 38.4. The summed E-state index contributed by atoms with van der Waals surface area (Å²) in [5.74, 6) is -1.69. The number of benzene rings is 2. The SMILES string of the molecule is CC1(c2cccc(Br)c2)NC(=O)N(CC(=O)Nc2ccc3c(c2)OC(F)(F)O3)C1=O. The molecule has 2 aromatic carbocycles. The van der Waals surface area contributed by atoms with E-state index in [2.05, 4.69) is 36.0 Å². The average molecular weight is 482 g/mol. The second-order valence-electron chi connectivity index (χ2n) is 6.83. The zero-order valence-electron chi connectivity index (χ0n) is 15.4. The summed E-state index contributed by atoms with van der Waals surface area (Å²) in [5.41, 5.74) is -0.637. The average Bonchev–Trinajstić information content (AvgIpc) is 3.08. The Morgan fingerprint density at radius 2 is 1.90 bits per heavy atom. The van der Waals surface area contributed by atoms with Crippen LogP contribution in [0.4, 0.5) is 19.3 Å². The number of hydrogen-bond donors (Lipinski definition) is 2. The highest BCUT2D eigenvalue weighted by molar-refractivity contribution is 9.10. The van der Waals surface area contributed by atoms with E-state index in [4.69, 9.17) is 0 Å². The van der Waals surface area contributed by atoms with Gasteiger partial charge in [-0.1, -0.05) is 28.1 Å². The maximum absolute atomic E-state index is 13.1. The van der Waals surface area contributed by atoms with Crippen molar-refractivity contribution in [2.45, 2.75) is 18.8 Å². The standard InChI is InChI=1S/C19H14BrF2N3O5/c1-18(10-3-2-4-11(20)7-10)16(27)25(17(28)24-18)9-15(26)23-12-5-6-13-14(8-12)30-19(21,22)29-13/h2-8H,9H2,1H3,(H,23,26)(H,24,28). The van der Waals surface area contributed by atoms with Gasteiger partial charge >= 0.3 is 12.3 Å². The van der Waals surface area contributed by atoms with E-state index in [1.165, 1.54) is 12.1 Å². The highest BCUT2D eigenvalue weighted by Gasteiger charge is 2.49. The molecule has 4 rings (SSSR count). The normalized spacial score (nSPS) is 21.5. The Bertz CT molecular complexity index is 1080. The number of rotatable bonds is 4. The number of urea groups is 1. The lowest BCUT2D eigenvalue weighted by atomic mass is 9.92. The van der Waals surface area contributed by atoms with Crippen LogP contribution in [0.1, 0.15) is 12.5 Å². The van der Waals surface area contributed by atoms with Crippen LogP contribution >= 0.6 is 15.9 Å². The van der Waals surface area contributed by atoms with Crippen molar-refractivity contribution < 1.29 is 32.6 Å². The lowest BCUT2D eigenvalue weighted by molar-refractivity contribution is -0.286. The third kappa shape index (κ3) is 3.56. The fourth-order valence-corrected chi connectivity index (χ4v) is 3.61. The summed E-state index contributed by atoms with van der Waals surface area (Å²) in [6.07, 6.45) is -3.78. The molecule has 2 aromatic rings. The lowest BCUT2D eigenvalue weighted by Gasteiger charge is -2.22. The summed E-state index contributed by atoms with van der Waals surface area (Å²) < 4.78 is 35.6. The Kier molecular flexibility index (Phi) is 4.64. The number of amides is 4. The molecule has 4 amide bonds. The minimum Gasteiger partial charge on any atom is -0.395 e. The largest absolute Gasteiger partial charge is 0.586 e. The number of fused-ring (bicyclic) bond motifs is 1. The second-order valence-corrected chi connectivity index (χ2v) is 7.75. The van der Waals surface area contributed by atoms with Gasteiger partial charge in [0.1, 0.15) is 12.1 Å². The molecule has 0 bridgehead atoms. The number of nitrogens with zero attached hydrogens (tertiary/aromatic N) is 1. The molecule has 1 unspecified atom stereocenters. The van der Waals surface area contributed by atoms with Crippen molar-refractivity contribution in [2.75, 3.05) is 11.9 Å². The van der Waals surface area contributed by atoms with E-state index in [1.54, 1.807) is 31.2 Å². The van der Waals surface area contributed by atoms with Crippen molar-refractivity contribution in [1.82, 2.24) is 10.2 Å². The van der Waals surface area contributed by atoms with Gasteiger partial charge in [-0.3, -0.25) is 14.5 Å². The van der Waals surface area contributed by atoms with Gasteiger partial charge in [-0.05, 0) is 36.8 Å². The van der Waals surface area contributed by atoms with Crippen LogP contribution in [0.15, 0.2) is 46.9 Å². The Morgan fingerprint density at radius 3 is 2.63 bits per heavy atom. The van der Waals surface area contributed by atoms with Crippen LogP contribution in [0.2, 0.25) is 0 Å². The van der Waals surface area contributed by atoms with Crippen LogP contribution in [-0.2, 0) is 15.1 Å². The minimum absolute atomic E-state index is 0.141. The van der Waals surface area contributed by atoms with Gasteiger partial charge in [-0.15, -0.1) is 8.78 Å². The van der Waals surface area contributed by atoms with Gasteiger partial charge in [0.05, 0.1) is 0 Å². The molecule has 0 saturated carbocycles. The molecule has 0 aromatic heterocycles. The van der Waals surface area contributed by atoms with E-state index in [-0.39, 0.29) is 17.2 Å². The topological polar surface area (TPSA) is 97.0 Å². The molecule has 1 fully saturated rings. The van der Waals surface area contributed by atoms with Gasteiger partial charge in [-0.25, -0.2) is 4.79 Å². The van der Waals surface area contributed by atoms with Crippen molar-refractivity contribution in [2.24, 2.45) is 0 Å². The van der Waals surface area contributed by atoms with Crippen LogP contribution in [0, 0.1) is 0 Å². The molecule has 11 heteroatoms. The number of anilines is 1. The molecule has 0 aliphatic carbocycles. The van der Waals surface area contributed by atoms with Crippen molar-refractivity contribution in [3.05, 3.63) is 52.5 Å². The summed E-state index contributed by atoms with van der Waals surface area (Å²) in [5, 5.41) is 5.05. The third-order valence-electron chi connectivity index (χ3n) is 4.66. The summed E-state index contributed by atoms with van der Waals surface area (Å²) in [6, 6.07) is 9.87.